The molecule has 0 unspecified atom stereocenters. The van der Waals surface area contributed by atoms with Crippen LogP contribution in [0.1, 0.15) is 0 Å². The molecule has 12 rings (SSSR count). The Balaban J connectivity index is 1.14. The number of pyridine rings is 1. The Kier molecular flexibility index (Phi) is 8.53. The average molecular weight is 789 g/mol. The summed E-state index contributed by atoms with van der Waals surface area (Å²) in [7, 11) is 0. The number of para-hydroxylation sites is 3. The lowest BCUT2D eigenvalue weighted by Crippen LogP contribution is -2.11. The van der Waals surface area contributed by atoms with E-state index in [0.717, 1.165) is 17.1 Å². The van der Waals surface area contributed by atoms with Gasteiger partial charge < -0.3 is 9.30 Å². The second-order valence-corrected chi connectivity index (χ2v) is 16.0. The first-order chi connectivity index (χ1) is 30.8. The summed E-state index contributed by atoms with van der Waals surface area (Å²) in [6.45, 7) is 0. The third-order valence-corrected chi connectivity index (χ3v) is 12.6. The van der Waals surface area contributed by atoms with Crippen molar-refractivity contribution >= 4 is 65.9 Å². The molecule has 0 amide bonds. The van der Waals surface area contributed by atoms with Crippen LogP contribution < -0.4 is 4.90 Å². The van der Waals surface area contributed by atoms with E-state index in [1.807, 2.05) is 0 Å². The van der Waals surface area contributed by atoms with Crippen molar-refractivity contribution in [3.8, 4) is 44.5 Å². The lowest BCUT2D eigenvalue weighted by Gasteiger charge is -2.29. The predicted octanol–water partition coefficient (Wildman–Crippen LogP) is 16.7. The van der Waals surface area contributed by atoms with Gasteiger partial charge in [-0.2, -0.15) is 0 Å². The molecule has 2 heteroatoms. The van der Waals surface area contributed by atoms with Crippen LogP contribution in [-0.4, -0.2) is 4.40 Å². The largest absolute Gasteiger partial charge is 0.309 e. The summed E-state index contributed by atoms with van der Waals surface area (Å²) in [5.41, 5.74) is 16.6. The molecule has 0 aliphatic carbocycles. The van der Waals surface area contributed by atoms with Crippen molar-refractivity contribution in [3.63, 3.8) is 0 Å². The van der Waals surface area contributed by atoms with Crippen LogP contribution in [0.2, 0.25) is 0 Å². The number of aromatic nitrogens is 1. The van der Waals surface area contributed by atoms with Crippen LogP contribution in [0.5, 0.6) is 0 Å². The normalized spacial score (nSPS) is 11.5. The first kappa shape index (κ1) is 35.7. The summed E-state index contributed by atoms with van der Waals surface area (Å²) in [5.74, 6) is 0. The third kappa shape index (κ3) is 5.73. The molecule has 62 heavy (non-hydrogen) atoms. The summed E-state index contributed by atoms with van der Waals surface area (Å²) < 4.78 is 2.55. The molecular weight excluding hydrogens is 749 g/mol. The molecule has 0 saturated carbocycles. The highest BCUT2D eigenvalue weighted by Gasteiger charge is 2.23. The van der Waals surface area contributed by atoms with E-state index >= 15 is 0 Å². The van der Waals surface area contributed by atoms with Gasteiger partial charge in [-0.05, 0) is 68.9 Å². The van der Waals surface area contributed by atoms with Crippen molar-refractivity contribution < 1.29 is 0 Å². The average Bonchev–Trinajstić information content (AvgIpc) is 3.71. The number of hydrogen-bond donors (Lipinski definition) is 0. The van der Waals surface area contributed by atoms with Gasteiger partial charge in [0.25, 0.3) is 0 Å². The molecule has 0 fully saturated rings. The van der Waals surface area contributed by atoms with Gasteiger partial charge in [-0.1, -0.05) is 212 Å². The van der Waals surface area contributed by atoms with E-state index in [4.69, 9.17) is 0 Å². The fourth-order valence-corrected chi connectivity index (χ4v) is 9.86. The Bertz CT molecular complexity index is 3610. The molecule has 2 heterocycles. The molecule has 0 atom stereocenters. The molecule has 2 nitrogen and oxygen atoms in total. The zero-order chi connectivity index (χ0) is 41.0. The third-order valence-electron chi connectivity index (χ3n) is 12.6. The number of hydrogen-bond acceptors (Lipinski definition) is 1. The monoisotopic (exact) mass is 788 g/mol. The van der Waals surface area contributed by atoms with Crippen LogP contribution in [0.4, 0.5) is 17.1 Å². The Morgan fingerprint density at radius 3 is 1.50 bits per heavy atom. The van der Waals surface area contributed by atoms with Crippen molar-refractivity contribution in [1.82, 2.24) is 4.40 Å². The molecule has 290 valence electrons. The molecule has 0 aliphatic heterocycles. The van der Waals surface area contributed by atoms with E-state index in [-0.39, 0.29) is 0 Å². The standard InChI is InChI=1S/C60H40N2/c1-4-19-41(20-5-1)42-37-39-45(40-38-42)61(55-34-14-12-25-46(55)43-21-6-2-7-22-43)56-36-18-30-47-48(29-16-31-50(47)56)51-32-17-33-52-49-26-10-11-27-53(49)60-58(44-23-8-3-9-24-44)54-28-13-15-35-57(54)62(60)59(51)52/h1-40H. The van der Waals surface area contributed by atoms with Crippen LogP contribution in [0.3, 0.4) is 0 Å². The van der Waals surface area contributed by atoms with Crippen LogP contribution in [-0.2, 0) is 0 Å². The number of benzene rings is 10. The Hall–Kier alpha value is -8.20. The van der Waals surface area contributed by atoms with Gasteiger partial charge in [-0.15, -0.1) is 0 Å². The van der Waals surface area contributed by atoms with E-state index in [0.29, 0.717) is 0 Å². The number of nitrogens with zero attached hydrogens (tertiary/aromatic N) is 2. The molecule has 0 radical (unpaired) electrons. The second kappa shape index (κ2) is 14.8. The molecule has 12 aromatic rings. The maximum atomic E-state index is 2.55. The topological polar surface area (TPSA) is 7.65 Å². The first-order valence-corrected chi connectivity index (χ1v) is 21.4. The van der Waals surface area contributed by atoms with Gasteiger partial charge in [0.1, 0.15) is 0 Å². The SMILES string of the molecule is c1ccc(-c2ccc(N(c3ccccc3-c3ccccc3)c3cccc4c(-c5cccc6c7ccccc7c7c(-c8ccccc8)c8ccccc8n7c56)cccc34)cc2)cc1. The van der Waals surface area contributed by atoms with Crippen LogP contribution >= 0.6 is 0 Å². The second-order valence-electron chi connectivity index (χ2n) is 16.0. The summed E-state index contributed by atoms with van der Waals surface area (Å²) >= 11 is 0. The van der Waals surface area contributed by atoms with Crippen molar-refractivity contribution in [3.05, 3.63) is 243 Å². The lowest BCUT2D eigenvalue weighted by atomic mass is 9.93. The molecule has 0 saturated heterocycles. The van der Waals surface area contributed by atoms with Crippen molar-refractivity contribution in [1.29, 1.82) is 0 Å². The van der Waals surface area contributed by atoms with Gasteiger partial charge in [-0.25, -0.2) is 0 Å². The minimum absolute atomic E-state index is 1.09. The number of fused-ring (bicyclic) bond motifs is 9. The minimum Gasteiger partial charge on any atom is -0.309 e. The summed E-state index contributed by atoms with van der Waals surface area (Å²) in [4.78, 5) is 2.45. The molecule has 0 spiro atoms. The van der Waals surface area contributed by atoms with Crippen molar-refractivity contribution in [2.45, 2.75) is 0 Å². The van der Waals surface area contributed by atoms with Crippen LogP contribution in [0.15, 0.2) is 243 Å². The van der Waals surface area contributed by atoms with E-state index in [1.165, 1.54) is 93.4 Å². The summed E-state index contributed by atoms with van der Waals surface area (Å²) in [6.07, 6.45) is 0. The fourth-order valence-electron chi connectivity index (χ4n) is 9.86. The smallest absolute Gasteiger partial charge is 0.0626 e. The zero-order valence-corrected chi connectivity index (χ0v) is 34.0. The van der Waals surface area contributed by atoms with Gasteiger partial charge >= 0.3 is 0 Å². The fraction of sp³-hybridized carbons (Fsp3) is 0. The maximum absolute atomic E-state index is 2.55. The van der Waals surface area contributed by atoms with Crippen LogP contribution in [0, 0.1) is 0 Å². The highest BCUT2D eigenvalue weighted by atomic mass is 15.1. The Morgan fingerprint density at radius 1 is 0.258 bits per heavy atom. The number of anilines is 3. The van der Waals surface area contributed by atoms with Gasteiger partial charge in [0, 0.05) is 43.9 Å². The van der Waals surface area contributed by atoms with Crippen molar-refractivity contribution in [2.24, 2.45) is 0 Å². The highest BCUT2D eigenvalue weighted by molar-refractivity contribution is 6.24. The molecule has 2 aromatic heterocycles. The molecule has 0 aliphatic rings. The summed E-state index contributed by atoms with van der Waals surface area (Å²) in [6, 6.07) is 88.4. The lowest BCUT2D eigenvalue weighted by molar-refractivity contribution is 1.30. The maximum Gasteiger partial charge on any atom is 0.0626 e. The number of rotatable bonds is 7. The predicted molar refractivity (Wildman–Crippen MR) is 264 cm³/mol. The Morgan fingerprint density at radius 2 is 0.742 bits per heavy atom. The van der Waals surface area contributed by atoms with E-state index in [2.05, 4.69) is 252 Å². The van der Waals surface area contributed by atoms with E-state index < -0.39 is 0 Å². The quantitative estimate of drug-likeness (QED) is 0.146. The van der Waals surface area contributed by atoms with E-state index in [9.17, 15) is 0 Å². The Labute approximate surface area is 360 Å². The van der Waals surface area contributed by atoms with Crippen molar-refractivity contribution in [2.75, 3.05) is 4.90 Å². The zero-order valence-electron chi connectivity index (χ0n) is 34.0. The highest BCUT2D eigenvalue weighted by Crippen LogP contribution is 2.48. The molecule has 0 bridgehead atoms. The molecule has 0 N–H and O–H groups in total. The summed E-state index contributed by atoms with van der Waals surface area (Å²) in [5, 5.41) is 7.35. The molecule has 10 aromatic carbocycles. The first-order valence-electron chi connectivity index (χ1n) is 21.4. The molecular formula is C60H40N2. The van der Waals surface area contributed by atoms with Gasteiger partial charge in [-0.3, -0.25) is 0 Å². The van der Waals surface area contributed by atoms with E-state index in [1.54, 1.807) is 0 Å². The van der Waals surface area contributed by atoms with Crippen LogP contribution in [0.25, 0.3) is 93.4 Å². The van der Waals surface area contributed by atoms with Gasteiger partial charge in [0.05, 0.1) is 27.9 Å². The van der Waals surface area contributed by atoms with Gasteiger partial charge in [0.2, 0.25) is 0 Å². The van der Waals surface area contributed by atoms with Gasteiger partial charge in [0.15, 0.2) is 0 Å². The minimum atomic E-state index is 1.09.